The van der Waals surface area contributed by atoms with Crippen LogP contribution in [0.4, 0.5) is 0 Å². The van der Waals surface area contributed by atoms with E-state index < -0.39 is 0 Å². The number of hydrogen-bond acceptors (Lipinski definition) is 4. The number of aromatic nitrogens is 3. The Morgan fingerprint density at radius 3 is 2.62 bits per heavy atom. The zero-order valence-electron chi connectivity index (χ0n) is 15.3. The molecule has 2 heterocycles. The number of nitrogens with zero attached hydrogens (tertiary/aromatic N) is 4. The van der Waals surface area contributed by atoms with Crippen LogP contribution in [0.5, 0.6) is 0 Å². The summed E-state index contributed by atoms with van der Waals surface area (Å²) >= 11 is 0. The van der Waals surface area contributed by atoms with Crippen molar-refractivity contribution in [3.05, 3.63) is 59.0 Å². The lowest BCUT2D eigenvalue weighted by molar-refractivity contribution is 0.0729. The lowest BCUT2D eigenvalue weighted by atomic mass is 10.1. The molecule has 6 nitrogen and oxygen atoms in total. The molecule has 3 aromatic rings. The van der Waals surface area contributed by atoms with Gasteiger partial charge in [0.25, 0.3) is 5.91 Å². The molecule has 6 heteroatoms. The van der Waals surface area contributed by atoms with E-state index in [1.807, 2.05) is 60.8 Å². The summed E-state index contributed by atoms with van der Waals surface area (Å²) in [5, 5.41) is 8.37. The highest BCUT2D eigenvalue weighted by atomic mass is 16.5. The number of hydrogen-bond donors (Lipinski definition) is 0. The predicted octanol–water partition coefficient (Wildman–Crippen LogP) is 3.50. The summed E-state index contributed by atoms with van der Waals surface area (Å²) in [4.78, 5) is 15.3. The fourth-order valence-corrected chi connectivity index (χ4v) is 3.31. The summed E-state index contributed by atoms with van der Waals surface area (Å²) in [5.41, 5.74) is 4.55. The molecule has 134 valence electrons. The first-order valence-corrected chi connectivity index (χ1v) is 8.86. The van der Waals surface area contributed by atoms with Gasteiger partial charge in [-0.2, -0.15) is 5.10 Å². The second-order valence-corrected chi connectivity index (χ2v) is 6.87. The van der Waals surface area contributed by atoms with E-state index >= 15 is 0 Å². The normalized spacial score (nSPS) is 13.8. The fraction of sp³-hybridized carbons (Fsp3) is 0.350. The zero-order chi connectivity index (χ0) is 18.3. The van der Waals surface area contributed by atoms with Gasteiger partial charge >= 0.3 is 0 Å². The summed E-state index contributed by atoms with van der Waals surface area (Å²) in [6.07, 6.45) is 3.61. The third-order valence-corrected chi connectivity index (χ3v) is 5.07. The van der Waals surface area contributed by atoms with Gasteiger partial charge in [0.05, 0.1) is 11.9 Å². The smallest absolute Gasteiger partial charge is 0.260 e. The average molecular weight is 350 g/mol. The van der Waals surface area contributed by atoms with Gasteiger partial charge in [0.15, 0.2) is 5.76 Å². The molecular formula is C20H22N4O2. The van der Waals surface area contributed by atoms with Crippen LogP contribution in [0.1, 0.15) is 40.2 Å². The van der Waals surface area contributed by atoms with Crippen molar-refractivity contribution in [2.24, 2.45) is 7.05 Å². The van der Waals surface area contributed by atoms with E-state index in [-0.39, 0.29) is 11.9 Å². The number of carbonyl (C=O) groups excluding carboxylic acids is 1. The Balaban J connectivity index is 1.67. The summed E-state index contributed by atoms with van der Waals surface area (Å²) in [5.74, 6) is 0.496. The minimum atomic E-state index is -0.0322. The lowest BCUT2D eigenvalue weighted by Crippen LogP contribution is -2.33. The van der Waals surface area contributed by atoms with Crippen LogP contribution >= 0.6 is 0 Å². The lowest BCUT2D eigenvalue weighted by Gasteiger charge is -2.22. The van der Waals surface area contributed by atoms with Crippen LogP contribution in [0.3, 0.4) is 0 Å². The van der Waals surface area contributed by atoms with Crippen molar-refractivity contribution in [1.29, 1.82) is 0 Å². The van der Waals surface area contributed by atoms with Gasteiger partial charge in [-0.15, -0.1) is 0 Å². The SMILES string of the molecule is Cc1nn(C)c(C)c1CN(C(=O)c1cnoc1-c1ccccc1)C1CC1. The zero-order valence-corrected chi connectivity index (χ0v) is 15.3. The second kappa shape index (κ2) is 6.44. The first-order valence-electron chi connectivity index (χ1n) is 8.86. The molecule has 0 aliphatic heterocycles. The third-order valence-electron chi connectivity index (χ3n) is 5.07. The largest absolute Gasteiger partial charge is 0.355 e. The van der Waals surface area contributed by atoms with Crippen LogP contribution in [0.15, 0.2) is 41.1 Å². The van der Waals surface area contributed by atoms with Gasteiger partial charge in [-0.25, -0.2) is 0 Å². The minimum Gasteiger partial charge on any atom is -0.355 e. The van der Waals surface area contributed by atoms with Gasteiger partial charge in [0.1, 0.15) is 5.56 Å². The maximum absolute atomic E-state index is 13.3. The Morgan fingerprint density at radius 2 is 2.00 bits per heavy atom. The Bertz CT molecular complexity index is 938. The van der Waals surface area contributed by atoms with Crippen molar-refractivity contribution in [3.8, 4) is 11.3 Å². The molecule has 1 aliphatic rings. The third kappa shape index (κ3) is 2.92. The maximum atomic E-state index is 13.3. The van der Waals surface area contributed by atoms with E-state index in [2.05, 4.69) is 10.3 Å². The van der Waals surface area contributed by atoms with Crippen LogP contribution in [-0.4, -0.2) is 31.8 Å². The Kier molecular flexibility index (Phi) is 4.11. The highest BCUT2D eigenvalue weighted by Gasteiger charge is 2.36. The standard InChI is InChI=1S/C20H22N4O2/c1-13-18(14(2)23(3)22-13)12-24(16-9-10-16)20(25)17-11-21-26-19(17)15-7-5-4-6-8-15/h4-8,11,16H,9-10,12H2,1-3H3. The molecule has 0 unspecified atom stereocenters. The van der Waals surface area contributed by atoms with E-state index in [0.717, 1.165) is 35.4 Å². The minimum absolute atomic E-state index is 0.0322. The Hall–Kier alpha value is -2.89. The first-order chi connectivity index (χ1) is 12.6. The van der Waals surface area contributed by atoms with Gasteiger partial charge in [0.2, 0.25) is 0 Å². The number of amides is 1. The Labute approximate surface area is 152 Å². The van der Waals surface area contributed by atoms with Crippen molar-refractivity contribution in [2.45, 2.75) is 39.3 Å². The van der Waals surface area contributed by atoms with E-state index in [4.69, 9.17) is 4.52 Å². The van der Waals surface area contributed by atoms with Crippen LogP contribution in [0.2, 0.25) is 0 Å². The van der Waals surface area contributed by atoms with Crippen LogP contribution < -0.4 is 0 Å². The van der Waals surface area contributed by atoms with Crippen molar-refractivity contribution < 1.29 is 9.32 Å². The van der Waals surface area contributed by atoms with Gasteiger partial charge in [0, 0.05) is 36.5 Å². The summed E-state index contributed by atoms with van der Waals surface area (Å²) in [6.45, 7) is 4.60. The fourth-order valence-electron chi connectivity index (χ4n) is 3.31. The maximum Gasteiger partial charge on any atom is 0.260 e. The van der Waals surface area contributed by atoms with Crippen molar-refractivity contribution in [2.75, 3.05) is 0 Å². The topological polar surface area (TPSA) is 64.2 Å². The molecule has 0 spiro atoms. The van der Waals surface area contributed by atoms with Crippen molar-refractivity contribution in [1.82, 2.24) is 19.8 Å². The predicted molar refractivity (Wildman–Crippen MR) is 97.5 cm³/mol. The highest BCUT2D eigenvalue weighted by molar-refractivity contribution is 5.99. The van der Waals surface area contributed by atoms with Crippen molar-refractivity contribution in [3.63, 3.8) is 0 Å². The molecule has 1 saturated carbocycles. The number of carbonyl (C=O) groups is 1. The molecule has 0 N–H and O–H groups in total. The molecule has 0 bridgehead atoms. The van der Waals surface area contributed by atoms with Crippen LogP contribution in [0.25, 0.3) is 11.3 Å². The summed E-state index contributed by atoms with van der Waals surface area (Å²) < 4.78 is 7.28. The molecule has 1 aromatic carbocycles. The molecule has 1 fully saturated rings. The molecule has 0 radical (unpaired) electrons. The number of benzene rings is 1. The summed E-state index contributed by atoms with van der Waals surface area (Å²) in [7, 11) is 1.93. The molecule has 26 heavy (non-hydrogen) atoms. The molecule has 4 rings (SSSR count). The quantitative estimate of drug-likeness (QED) is 0.706. The van der Waals surface area contributed by atoms with Crippen LogP contribution in [-0.2, 0) is 13.6 Å². The van der Waals surface area contributed by atoms with Gasteiger partial charge in [-0.1, -0.05) is 35.5 Å². The van der Waals surface area contributed by atoms with E-state index in [1.165, 1.54) is 6.20 Å². The number of aryl methyl sites for hydroxylation is 2. The van der Waals surface area contributed by atoms with E-state index in [9.17, 15) is 4.79 Å². The molecule has 1 amide bonds. The van der Waals surface area contributed by atoms with Gasteiger partial charge < -0.3 is 9.42 Å². The average Bonchev–Trinajstić information content (AvgIpc) is 3.31. The molecule has 1 aliphatic carbocycles. The molecule has 0 saturated heterocycles. The van der Waals surface area contributed by atoms with Crippen molar-refractivity contribution >= 4 is 5.91 Å². The molecule has 0 atom stereocenters. The second-order valence-electron chi connectivity index (χ2n) is 6.87. The molecular weight excluding hydrogens is 328 g/mol. The van der Waals surface area contributed by atoms with E-state index in [1.54, 1.807) is 0 Å². The number of rotatable bonds is 5. The van der Waals surface area contributed by atoms with Gasteiger partial charge in [-0.3, -0.25) is 9.48 Å². The van der Waals surface area contributed by atoms with Gasteiger partial charge in [-0.05, 0) is 26.7 Å². The van der Waals surface area contributed by atoms with Crippen LogP contribution in [0, 0.1) is 13.8 Å². The van der Waals surface area contributed by atoms with E-state index in [0.29, 0.717) is 17.9 Å². The highest BCUT2D eigenvalue weighted by Crippen LogP contribution is 2.33. The first kappa shape index (κ1) is 16.6. The molecule has 2 aromatic heterocycles. The Morgan fingerprint density at radius 1 is 1.27 bits per heavy atom. The monoisotopic (exact) mass is 350 g/mol. The summed E-state index contributed by atoms with van der Waals surface area (Å²) in [6, 6.07) is 9.91.